The average Bonchev–Trinajstić information content (AvgIpc) is 3.18. The van der Waals surface area contributed by atoms with Gasteiger partial charge in [-0.3, -0.25) is 0 Å². The quantitative estimate of drug-likeness (QED) is 0.501. The fourth-order valence-corrected chi connectivity index (χ4v) is 3.71. The molecule has 5 rings (SSSR count). The predicted octanol–water partition coefficient (Wildman–Crippen LogP) is 3.90. The lowest BCUT2D eigenvalue weighted by molar-refractivity contribution is 0.149. The number of aromatic nitrogens is 4. The van der Waals surface area contributed by atoms with Crippen molar-refractivity contribution in [3.05, 3.63) is 48.9 Å². The topological polar surface area (TPSA) is 102 Å². The van der Waals surface area contributed by atoms with E-state index in [9.17, 15) is 0 Å². The molecule has 2 aromatic heterocycles. The van der Waals surface area contributed by atoms with E-state index in [-0.39, 0.29) is 6.10 Å². The molecule has 142 valence electrons. The summed E-state index contributed by atoms with van der Waals surface area (Å²) in [6.45, 7) is 0. The number of ether oxygens (including phenoxy) is 1. The Labute approximate surface area is 162 Å². The molecule has 0 spiro atoms. The molecule has 2 heterocycles. The molecular formula is C21H22N6O. The zero-order valence-electron chi connectivity index (χ0n) is 15.4. The number of nitrogens with zero attached hydrogens (tertiary/aromatic N) is 3. The molecule has 28 heavy (non-hydrogen) atoms. The second-order valence-corrected chi connectivity index (χ2v) is 7.30. The summed E-state index contributed by atoms with van der Waals surface area (Å²) < 4.78 is 6.28. The number of nitrogens with two attached hydrogens (primary N) is 1. The molecule has 1 saturated carbocycles. The van der Waals surface area contributed by atoms with Crippen LogP contribution in [0.3, 0.4) is 0 Å². The highest BCUT2D eigenvalue weighted by Crippen LogP contribution is 2.29. The van der Waals surface area contributed by atoms with Crippen molar-refractivity contribution in [1.82, 2.24) is 19.9 Å². The number of aromatic amines is 1. The third-order valence-corrected chi connectivity index (χ3v) is 5.26. The minimum absolute atomic E-state index is 0.194. The van der Waals surface area contributed by atoms with Crippen LogP contribution in [0.5, 0.6) is 5.75 Å². The second-order valence-electron chi connectivity index (χ2n) is 7.30. The normalized spacial score (nSPS) is 19.8. The maximum Gasteiger partial charge on any atom is 0.227 e. The Balaban J connectivity index is 1.42. The Bertz CT molecular complexity index is 1120. The number of hydrogen-bond acceptors (Lipinski definition) is 6. The zero-order valence-corrected chi connectivity index (χ0v) is 15.4. The minimum Gasteiger partial charge on any atom is -0.488 e. The van der Waals surface area contributed by atoms with Crippen LogP contribution in [-0.4, -0.2) is 32.1 Å². The lowest BCUT2D eigenvalue weighted by Crippen LogP contribution is -2.31. The van der Waals surface area contributed by atoms with Gasteiger partial charge < -0.3 is 20.8 Å². The molecule has 4 N–H and O–H groups in total. The first-order chi connectivity index (χ1) is 13.7. The first-order valence-electron chi connectivity index (χ1n) is 9.63. The lowest BCUT2D eigenvalue weighted by Gasteiger charge is -2.27. The standard InChI is InChI=1S/C21H22N6O/c22-14-4-7-16(8-5-14)28-19-3-1-2-13-11-23-21(27-20(13)19)26-15-6-9-17-18(10-15)25-12-24-17/h1-3,6,9-12,14,16H,4-5,7-8,22H2,(H,24,25)(H,23,26,27). The van der Waals surface area contributed by atoms with Crippen molar-refractivity contribution in [2.45, 2.75) is 37.8 Å². The summed E-state index contributed by atoms with van der Waals surface area (Å²) >= 11 is 0. The summed E-state index contributed by atoms with van der Waals surface area (Å²) in [7, 11) is 0. The molecule has 4 aromatic rings. The van der Waals surface area contributed by atoms with Crippen LogP contribution < -0.4 is 15.8 Å². The van der Waals surface area contributed by atoms with Crippen LogP contribution in [0.25, 0.3) is 21.9 Å². The molecule has 0 bridgehead atoms. The van der Waals surface area contributed by atoms with Crippen molar-refractivity contribution in [2.24, 2.45) is 5.73 Å². The molecule has 7 nitrogen and oxygen atoms in total. The van der Waals surface area contributed by atoms with E-state index in [1.54, 1.807) is 6.33 Å². The van der Waals surface area contributed by atoms with Crippen LogP contribution >= 0.6 is 0 Å². The van der Waals surface area contributed by atoms with E-state index >= 15 is 0 Å². The van der Waals surface area contributed by atoms with Gasteiger partial charge in [-0.05, 0) is 49.9 Å². The van der Waals surface area contributed by atoms with Gasteiger partial charge in [0.15, 0.2) is 0 Å². The highest BCUT2D eigenvalue weighted by Gasteiger charge is 2.21. The predicted molar refractivity (Wildman–Crippen MR) is 110 cm³/mol. The molecule has 0 saturated heterocycles. The van der Waals surface area contributed by atoms with E-state index < -0.39 is 0 Å². The van der Waals surface area contributed by atoms with Gasteiger partial charge in [-0.2, -0.15) is 0 Å². The largest absolute Gasteiger partial charge is 0.488 e. The molecule has 0 aliphatic heterocycles. The number of hydrogen-bond donors (Lipinski definition) is 3. The number of H-pyrrole nitrogens is 1. The SMILES string of the molecule is NC1CCC(Oc2cccc3cnc(Nc4ccc5nc[nH]c5c4)nc23)CC1. The van der Waals surface area contributed by atoms with Crippen LogP contribution in [0.15, 0.2) is 48.9 Å². The molecule has 1 aliphatic rings. The number of rotatable bonds is 4. The van der Waals surface area contributed by atoms with Gasteiger partial charge in [0.2, 0.25) is 5.95 Å². The lowest BCUT2D eigenvalue weighted by atomic mass is 9.94. The van der Waals surface area contributed by atoms with Crippen molar-refractivity contribution < 1.29 is 4.74 Å². The molecule has 0 amide bonds. The van der Waals surface area contributed by atoms with E-state index in [0.717, 1.165) is 59.1 Å². The van der Waals surface area contributed by atoms with Gasteiger partial charge in [0.1, 0.15) is 11.3 Å². The van der Waals surface area contributed by atoms with E-state index in [1.807, 2.05) is 42.6 Å². The number of benzene rings is 2. The fourth-order valence-electron chi connectivity index (χ4n) is 3.71. The van der Waals surface area contributed by atoms with Crippen LogP contribution in [0.2, 0.25) is 0 Å². The fraction of sp³-hybridized carbons (Fsp3) is 0.286. The van der Waals surface area contributed by atoms with Gasteiger partial charge in [0.25, 0.3) is 0 Å². The molecule has 1 aliphatic carbocycles. The smallest absolute Gasteiger partial charge is 0.227 e. The van der Waals surface area contributed by atoms with E-state index in [2.05, 4.69) is 20.3 Å². The third kappa shape index (κ3) is 3.36. The van der Waals surface area contributed by atoms with E-state index in [0.29, 0.717) is 12.0 Å². The average molecular weight is 374 g/mol. The molecule has 0 atom stereocenters. The number of para-hydroxylation sites is 1. The Morgan fingerprint density at radius 1 is 1.07 bits per heavy atom. The number of anilines is 2. The summed E-state index contributed by atoms with van der Waals surface area (Å²) in [5, 5.41) is 4.23. The highest BCUT2D eigenvalue weighted by molar-refractivity contribution is 5.85. The van der Waals surface area contributed by atoms with Crippen molar-refractivity contribution in [3.63, 3.8) is 0 Å². The van der Waals surface area contributed by atoms with E-state index in [4.69, 9.17) is 15.5 Å². The van der Waals surface area contributed by atoms with Gasteiger partial charge in [0, 0.05) is 23.3 Å². The van der Waals surface area contributed by atoms with Crippen molar-refractivity contribution >= 4 is 33.6 Å². The Morgan fingerprint density at radius 3 is 2.86 bits per heavy atom. The van der Waals surface area contributed by atoms with Gasteiger partial charge in [0.05, 0.1) is 23.5 Å². The van der Waals surface area contributed by atoms with Crippen molar-refractivity contribution in [2.75, 3.05) is 5.32 Å². The highest BCUT2D eigenvalue weighted by atomic mass is 16.5. The minimum atomic E-state index is 0.194. The summed E-state index contributed by atoms with van der Waals surface area (Å²) in [6, 6.07) is 12.2. The number of fused-ring (bicyclic) bond motifs is 2. The molecule has 7 heteroatoms. The number of imidazole rings is 1. The maximum absolute atomic E-state index is 6.28. The van der Waals surface area contributed by atoms with Crippen LogP contribution in [0.1, 0.15) is 25.7 Å². The zero-order chi connectivity index (χ0) is 18.9. The van der Waals surface area contributed by atoms with Crippen molar-refractivity contribution in [1.29, 1.82) is 0 Å². The van der Waals surface area contributed by atoms with Crippen LogP contribution in [-0.2, 0) is 0 Å². The van der Waals surface area contributed by atoms with Crippen LogP contribution in [0, 0.1) is 0 Å². The molecule has 0 radical (unpaired) electrons. The first kappa shape index (κ1) is 16.9. The molecule has 0 unspecified atom stereocenters. The third-order valence-electron chi connectivity index (χ3n) is 5.26. The molecular weight excluding hydrogens is 352 g/mol. The van der Waals surface area contributed by atoms with Gasteiger partial charge in [-0.15, -0.1) is 0 Å². The summed E-state index contributed by atoms with van der Waals surface area (Å²) in [5.74, 6) is 1.33. The summed E-state index contributed by atoms with van der Waals surface area (Å²) in [4.78, 5) is 16.5. The van der Waals surface area contributed by atoms with E-state index in [1.165, 1.54) is 0 Å². The van der Waals surface area contributed by atoms with Gasteiger partial charge in [-0.1, -0.05) is 12.1 Å². The Hall–Kier alpha value is -3.19. The van der Waals surface area contributed by atoms with Crippen molar-refractivity contribution in [3.8, 4) is 5.75 Å². The number of nitrogens with one attached hydrogen (secondary N) is 2. The van der Waals surface area contributed by atoms with Gasteiger partial charge >= 0.3 is 0 Å². The maximum atomic E-state index is 6.28. The first-order valence-corrected chi connectivity index (χ1v) is 9.63. The molecule has 2 aromatic carbocycles. The Morgan fingerprint density at radius 2 is 1.96 bits per heavy atom. The molecule has 1 fully saturated rings. The van der Waals surface area contributed by atoms with Crippen LogP contribution in [0.4, 0.5) is 11.6 Å². The summed E-state index contributed by atoms with van der Waals surface area (Å²) in [6.07, 6.45) is 7.68. The second kappa shape index (κ2) is 7.09. The monoisotopic (exact) mass is 374 g/mol. The van der Waals surface area contributed by atoms with Gasteiger partial charge in [-0.25, -0.2) is 15.0 Å². The summed E-state index contributed by atoms with van der Waals surface area (Å²) in [5.41, 5.74) is 9.61. The Kier molecular flexibility index (Phi) is 4.29.